The quantitative estimate of drug-likeness (QED) is 0.453. The van der Waals surface area contributed by atoms with Crippen LogP contribution in [0.25, 0.3) is 0 Å². The molecule has 0 aliphatic carbocycles. The SMILES string of the molecule is CC/C=C(/C)CC(CC(C)C)C[N+](C)(C)C. The second-order valence-electron chi connectivity index (χ2n) is 6.63. The van der Waals surface area contributed by atoms with Gasteiger partial charge >= 0.3 is 0 Å². The molecule has 0 saturated carbocycles. The lowest BCUT2D eigenvalue weighted by Crippen LogP contribution is -2.39. The molecule has 1 unspecified atom stereocenters. The Hall–Kier alpha value is -0.300. The van der Waals surface area contributed by atoms with Crippen LogP contribution in [0.15, 0.2) is 11.6 Å². The number of allylic oxidation sites excluding steroid dienone is 2. The van der Waals surface area contributed by atoms with Crippen LogP contribution in [-0.4, -0.2) is 32.2 Å². The molecule has 0 aromatic carbocycles. The summed E-state index contributed by atoms with van der Waals surface area (Å²) >= 11 is 0. The van der Waals surface area contributed by atoms with Crippen molar-refractivity contribution in [2.45, 2.75) is 47.0 Å². The predicted molar refractivity (Wildman–Crippen MR) is 74.5 cm³/mol. The zero-order valence-electron chi connectivity index (χ0n) is 12.5. The second-order valence-corrected chi connectivity index (χ2v) is 6.63. The summed E-state index contributed by atoms with van der Waals surface area (Å²) in [5, 5.41) is 0. The highest BCUT2D eigenvalue weighted by atomic mass is 15.3. The summed E-state index contributed by atoms with van der Waals surface area (Å²) in [4.78, 5) is 0. The Morgan fingerprint density at radius 3 is 2.12 bits per heavy atom. The molecule has 0 rings (SSSR count). The van der Waals surface area contributed by atoms with E-state index in [1.807, 2.05) is 0 Å². The first-order valence-electron chi connectivity index (χ1n) is 6.70. The van der Waals surface area contributed by atoms with Crippen LogP contribution in [0.1, 0.15) is 47.0 Å². The number of hydrogen-bond donors (Lipinski definition) is 0. The molecule has 1 nitrogen and oxygen atoms in total. The minimum atomic E-state index is 0.811. The zero-order chi connectivity index (χ0) is 12.8. The molecule has 0 aliphatic rings. The van der Waals surface area contributed by atoms with E-state index in [0.717, 1.165) is 16.3 Å². The highest BCUT2D eigenvalue weighted by Crippen LogP contribution is 2.22. The summed E-state index contributed by atoms with van der Waals surface area (Å²) in [5.41, 5.74) is 1.57. The summed E-state index contributed by atoms with van der Waals surface area (Å²) in [5.74, 6) is 1.65. The van der Waals surface area contributed by atoms with Gasteiger partial charge in [0.05, 0.1) is 27.7 Å². The minimum absolute atomic E-state index is 0.811. The molecule has 0 radical (unpaired) electrons. The third kappa shape index (κ3) is 8.96. The molecule has 96 valence electrons. The first-order chi connectivity index (χ1) is 7.24. The standard InChI is InChI=1S/C15H32N/c1-8-9-14(4)11-15(10-13(2)3)12-16(5,6)7/h9,13,15H,8,10-12H2,1-7H3/q+1/b14-9-. The molecular formula is C15H32N+. The monoisotopic (exact) mass is 226 g/mol. The molecule has 0 fully saturated rings. The van der Waals surface area contributed by atoms with Gasteiger partial charge < -0.3 is 4.48 Å². The van der Waals surface area contributed by atoms with Crippen molar-refractivity contribution in [3.05, 3.63) is 11.6 Å². The van der Waals surface area contributed by atoms with Crippen LogP contribution < -0.4 is 0 Å². The van der Waals surface area contributed by atoms with Gasteiger partial charge in [-0.3, -0.25) is 0 Å². The van der Waals surface area contributed by atoms with E-state index >= 15 is 0 Å². The summed E-state index contributed by atoms with van der Waals surface area (Å²) < 4.78 is 1.08. The molecule has 0 spiro atoms. The van der Waals surface area contributed by atoms with Gasteiger partial charge in [0.25, 0.3) is 0 Å². The Bertz CT molecular complexity index is 208. The lowest BCUT2D eigenvalue weighted by atomic mass is 9.90. The van der Waals surface area contributed by atoms with Crippen molar-refractivity contribution in [1.82, 2.24) is 0 Å². The fourth-order valence-corrected chi connectivity index (χ4v) is 2.55. The first-order valence-corrected chi connectivity index (χ1v) is 6.70. The minimum Gasteiger partial charge on any atom is -0.331 e. The van der Waals surface area contributed by atoms with E-state index in [-0.39, 0.29) is 0 Å². The molecule has 0 N–H and O–H groups in total. The van der Waals surface area contributed by atoms with Crippen LogP contribution in [-0.2, 0) is 0 Å². The second kappa shape index (κ2) is 7.11. The maximum Gasteiger partial charge on any atom is 0.0812 e. The van der Waals surface area contributed by atoms with Gasteiger partial charge in [0.15, 0.2) is 0 Å². The number of nitrogens with zero attached hydrogens (tertiary/aromatic N) is 1. The first kappa shape index (κ1) is 15.7. The van der Waals surface area contributed by atoms with Crippen molar-refractivity contribution in [3.63, 3.8) is 0 Å². The molecule has 0 heterocycles. The number of hydrogen-bond acceptors (Lipinski definition) is 0. The molecule has 0 amide bonds. The van der Waals surface area contributed by atoms with E-state index in [1.165, 1.54) is 25.8 Å². The smallest absolute Gasteiger partial charge is 0.0812 e. The average molecular weight is 226 g/mol. The van der Waals surface area contributed by atoms with Gasteiger partial charge in [-0.25, -0.2) is 0 Å². The van der Waals surface area contributed by atoms with Gasteiger partial charge in [-0.05, 0) is 32.1 Å². The van der Waals surface area contributed by atoms with Crippen molar-refractivity contribution >= 4 is 0 Å². The molecule has 1 heteroatoms. The summed E-state index contributed by atoms with van der Waals surface area (Å²) in [6.07, 6.45) is 6.18. The van der Waals surface area contributed by atoms with Crippen LogP contribution in [0.2, 0.25) is 0 Å². The third-order valence-corrected chi connectivity index (χ3v) is 2.77. The van der Waals surface area contributed by atoms with Gasteiger partial charge in [0.2, 0.25) is 0 Å². The Kier molecular flexibility index (Phi) is 6.98. The molecule has 0 aliphatic heterocycles. The van der Waals surface area contributed by atoms with Crippen LogP contribution in [0, 0.1) is 11.8 Å². The Labute approximate surface area is 103 Å². The Morgan fingerprint density at radius 1 is 1.19 bits per heavy atom. The summed E-state index contributed by atoms with van der Waals surface area (Å²) in [6.45, 7) is 10.5. The van der Waals surface area contributed by atoms with E-state index in [1.54, 1.807) is 5.57 Å². The van der Waals surface area contributed by atoms with Crippen LogP contribution in [0.4, 0.5) is 0 Å². The van der Waals surface area contributed by atoms with Gasteiger partial charge in [-0.15, -0.1) is 0 Å². The molecule has 16 heavy (non-hydrogen) atoms. The van der Waals surface area contributed by atoms with Crippen LogP contribution >= 0.6 is 0 Å². The summed E-state index contributed by atoms with van der Waals surface area (Å²) in [6, 6.07) is 0. The average Bonchev–Trinajstić information content (AvgIpc) is 1.98. The normalized spacial score (nSPS) is 15.6. The zero-order valence-corrected chi connectivity index (χ0v) is 12.5. The van der Waals surface area contributed by atoms with E-state index in [9.17, 15) is 0 Å². The highest BCUT2D eigenvalue weighted by molar-refractivity contribution is 4.98. The fraction of sp³-hybridized carbons (Fsp3) is 0.867. The van der Waals surface area contributed by atoms with Crippen molar-refractivity contribution < 1.29 is 4.48 Å². The molecule has 1 atom stereocenters. The number of quaternary nitrogens is 1. The van der Waals surface area contributed by atoms with Crippen LogP contribution in [0.3, 0.4) is 0 Å². The molecule has 0 aromatic rings. The van der Waals surface area contributed by atoms with Crippen molar-refractivity contribution in [3.8, 4) is 0 Å². The third-order valence-electron chi connectivity index (χ3n) is 2.77. The van der Waals surface area contributed by atoms with E-state index in [2.05, 4.69) is 54.9 Å². The maximum atomic E-state index is 2.38. The lowest BCUT2D eigenvalue weighted by Gasteiger charge is -2.30. The van der Waals surface area contributed by atoms with Crippen molar-refractivity contribution in [2.24, 2.45) is 11.8 Å². The number of rotatable bonds is 7. The molecule has 0 saturated heterocycles. The van der Waals surface area contributed by atoms with E-state index in [4.69, 9.17) is 0 Å². The lowest BCUT2D eigenvalue weighted by molar-refractivity contribution is -0.874. The van der Waals surface area contributed by atoms with E-state index in [0.29, 0.717) is 0 Å². The maximum absolute atomic E-state index is 2.38. The molecular weight excluding hydrogens is 194 g/mol. The van der Waals surface area contributed by atoms with Gasteiger partial charge in [-0.1, -0.05) is 32.4 Å². The fourth-order valence-electron chi connectivity index (χ4n) is 2.55. The topological polar surface area (TPSA) is 0 Å². The molecule has 0 bridgehead atoms. The summed E-state index contributed by atoms with van der Waals surface area (Å²) in [7, 11) is 6.89. The highest BCUT2D eigenvalue weighted by Gasteiger charge is 2.19. The van der Waals surface area contributed by atoms with Gasteiger partial charge in [0, 0.05) is 5.92 Å². The van der Waals surface area contributed by atoms with E-state index < -0.39 is 0 Å². The molecule has 0 aromatic heterocycles. The van der Waals surface area contributed by atoms with Gasteiger partial charge in [-0.2, -0.15) is 0 Å². The van der Waals surface area contributed by atoms with Crippen molar-refractivity contribution in [1.29, 1.82) is 0 Å². The predicted octanol–water partition coefficient (Wildman–Crippen LogP) is 4.10. The van der Waals surface area contributed by atoms with Gasteiger partial charge in [0.1, 0.15) is 0 Å². The Morgan fingerprint density at radius 2 is 1.75 bits per heavy atom. The van der Waals surface area contributed by atoms with Crippen LogP contribution in [0.5, 0.6) is 0 Å². The largest absolute Gasteiger partial charge is 0.331 e. The van der Waals surface area contributed by atoms with Crippen molar-refractivity contribution in [2.75, 3.05) is 27.7 Å². The Balaban J connectivity index is 4.37.